The zero-order valence-corrected chi connectivity index (χ0v) is 26.7. The minimum absolute atomic E-state index is 0.401. The van der Waals surface area contributed by atoms with Gasteiger partial charge >= 0.3 is 0 Å². The molecule has 0 heterocycles. The molecule has 0 bridgehead atoms. The van der Waals surface area contributed by atoms with Crippen molar-refractivity contribution in [2.24, 2.45) is 0 Å². The second-order valence-corrected chi connectivity index (χ2v) is 13.1. The Morgan fingerprint density at radius 3 is 1.98 bits per heavy atom. The van der Waals surface area contributed by atoms with Crippen molar-refractivity contribution < 1.29 is 0 Å². The van der Waals surface area contributed by atoms with E-state index in [1.54, 1.807) is 11.1 Å². The van der Waals surface area contributed by atoms with E-state index in [4.69, 9.17) is 0 Å². The average Bonchev–Trinajstić information content (AvgIpc) is 3.63. The molecule has 0 radical (unpaired) electrons. The van der Waals surface area contributed by atoms with Crippen molar-refractivity contribution >= 4 is 16.9 Å². The standard InChI is InChI=1S/C46H37N/c1-2-36-38-18-9-10-19-39(38)42-22-13-21-37(45(36)42)31-24-26-34(27-25-31)47-35-28-29-41-40-20-11-12-23-43(40)46(44(41)30-35,32-14-5-3-6-15-32)33-16-7-4-8-17-33/h3-9,11-18,20-30,36,47H,2,10,19H2,1H3. The second kappa shape index (κ2) is 11.1. The maximum atomic E-state index is 3.78. The molecule has 0 aromatic heterocycles. The van der Waals surface area contributed by atoms with Gasteiger partial charge in [0.1, 0.15) is 0 Å². The predicted octanol–water partition coefficient (Wildman–Crippen LogP) is 12.1. The number of fused-ring (bicyclic) bond motifs is 5. The first-order valence-electron chi connectivity index (χ1n) is 17.0. The molecule has 1 N–H and O–H groups in total. The molecule has 6 aromatic rings. The number of nitrogens with one attached hydrogen (secondary N) is 1. The molecule has 0 spiro atoms. The molecule has 1 unspecified atom stereocenters. The van der Waals surface area contributed by atoms with Crippen LogP contribution >= 0.6 is 0 Å². The average molecular weight is 604 g/mol. The summed E-state index contributed by atoms with van der Waals surface area (Å²) in [5, 5.41) is 3.78. The summed E-state index contributed by atoms with van der Waals surface area (Å²) >= 11 is 0. The van der Waals surface area contributed by atoms with Crippen LogP contribution in [0.25, 0.3) is 27.8 Å². The van der Waals surface area contributed by atoms with Crippen LogP contribution in [0.5, 0.6) is 0 Å². The van der Waals surface area contributed by atoms with Crippen molar-refractivity contribution in [3.63, 3.8) is 0 Å². The summed E-state index contributed by atoms with van der Waals surface area (Å²) in [7, 11) is 0. The van der Waals surface area contributed by atoms with E-state index >= 15 is 0 Å². The molecule has 3 aliphatic carbocycles. The van der Waals surface area contributed by atoms with Gasteiger partial charge in [-0.05, 0) is 110 Å². The van der Waals surface area contributed by atoms with Crippen LogP contribution in [0.4, 0.5) is 11.4 Å². The molecular formula is C46H37N. The number of anilines is 2. The largest absolute Gasteiger partial charge is 0.356 e. The van der Waals surface area contributed by atoms with Crippen LogP contribution < -0.4 is 5.32 Å². The van der Waals surface area contributed by atoms with Gasteiger partial charge < -0.3 is 5.32 Å². The minimum Gasteiger partial charge on any atom is -0.356 e. The minimum atomic E-state index is -0.401. The summed E-state index contributed by atoms with van der Waals surface area (Å²) in [5.41, 5.74) is 18.3. The molecule has 0 fully saturated rings. The molecule has 9 rings (SSSR count). The Hall–Kier alpha value is -5.40. The van der Waals surface area contributed by atoms with Gasteiger partial charge in [-0.3, -0.25) is 0 Å². The summed E-state index contributed by atoms with van der Waals surface area (Å²) in [6.07, 6.45) is 8.18. The van der Waals surface area contributed by atoms with E-state index in [-0.39, 0.29) is 0 Å². The highest BCUT2D eigenvalue weighted by Gasteiger charge is 2.46. The van der Waals surface area contributed by atoms with Crippen LogP contribution in [-0.2, 0) is 5.41 Å². The topological polar surface area (TPSA) is 12.0 Å². The Labute approximate surface area is 278 Å². The van der Waals surface area contributed by atoms with Crippen LogP contribution in [0.1, 0.15) is 65.5 Å². The Morgan fingerprint density at radius 1 is 0.596 bits per heavy atom. The van der Waals surface area contributed by atoms with Gasteiger partial charge in [-0.2, -0.15) is 0 Å². The summed E-state index contributed by atoms with van der Waals surface area (Å²) in [5.74, 6) is 0.482. The fraction of sp³-hybridized carbons (Fsp3) is 0.130. The van der Waals surface area contributed by atoms with Crippen molar-refractivity contribution in [3.05, 3.63) is 197 Å². The SMILES string of the molecule is CCC1C2=C(CCC=C2)c2cccc(-c3ccc(Nc4ccc5c(c4)C(c4ccccc4)(c4ccccc4)c4ccccc4-5)cc3)c21. The van der Waals surface area contributed by atoms with Gasteiger partial charge in [0, 0.05) is 17.3 Å². The number of rotatable bonds is 6. The third-order valence-corrected chi connectivity index (χ3v) is 10.7. The summed E-state index contributed by atoms with van der Waals surface area (Å²) in [4.78, 5) is 0. The van der Waals surface area contributed by atoms with Crippen molar-refractivity contribution in [1.82, 2.24) is 0 Å². The number of hydrogen-bond donors (Lipinski definition) is 1. The lowest BCUT2D eigenvalue weighted by atomic mass is 9.67. The molecule has 226 valence electrons. The Bertz CT molecular complexity index is 2150. The molecule has 47 heavy (non-hydrogen) atoms. The smallest absolute Gasteiger partial charge is 0.0714 e. The monoisotopic (exact) mass is 603 g/mol. The van der Waals surface area contributed by atoms with E-state index in [2.05, 4.69) is 170 Å². The van der Waals surface area contributed by atoms with Gasteiger partial charge in [-0.25, -0.2) is 0 Å². The normalized spacial score (nSPS) is 16.7. The van der Waals surface area contributed by atoms with Crippen LogP contribution in [0.3, 0.4) is 0 Å². The van der Waals surface area contributed by atoms with Crippen LogP contribution in [-0.4, -0.2) is 0 Å². The lowest BCUT2D eigenvalue weighted by Gasteiger charge is -2.34. The maximum Gasteiger partial charge on any atom is 0.0714 e. The van der Waals surface area contributed by atoms with E-state index in [0.717, 1.165) is 30.6 Å². The molecule has 1 heteroatoms. The molecule has 0 saturated heterocycles. The summed E-state index contributed by atoms with van der Waals surface area (Å²) in [6.45, 7) is 2.33. The molecule has 6 aromatic carbocycles. The number of benzene rings is 6. The lowest BCUT2D eigenvalue weighted by Crippen LogP contribution is -2.28. The third kappa shape index (κ3) is 4.23. The van der Waals surface area contributed by atoms with Crippen LogP contribution in [0, 0.1) is 0 Å². The van der Waals surface area contributed by atoms with Gasteiger partial charge in [0.05, 0.1) is 5.41 Å². The summed E-state index contributed by atoms with van der Waals surface area (Å²) < 4.78 is 0. The first-order chi connectivity index (χ1) is 23.3. The molecule has 0 saturated carbocycles. The third-order valence-electron chi connectivity index (χ3n) is 10.7. The molecule has 1 nitrogen and oxygen atoms in total. The molecular weight excluding hydrogens is 567 g/mol. The van der Waals surface area contributed by atoms with Crippen LogP contribution in [0.2, 0.25) is 0 Å². The molecule has 1 atom stereocenters. The Kier molecular flexibility index (Phi) is 6.61. The fourth-order valence-electron chi connectivity index (χ4n) is 8.76. The lowest BCUT2D eigenvalue weighted by molar-refractivity contribution is 0.769. The van der Waals surface area contributed by atoms with E-state index in [0.29, 0.717) is 5.92 Å². The molecule has 0 aliphatic heterocycles. The van der Waals surface area contributed by atoms with Gasteiger partial charge in [-0.1, -0.05) is 140 Å². The predicted molar refractivity (Wildman–Crippen MR) is 197 cm³/mol. The fourth-order valence-corrected chi connectivity index (χ4v) is 8.76. The van der Waals surface area contributed by atoms with Gasteiger partial charge in [0.25, 0.3) is 0 Å². The first-order valence-corrected chi connectivity index (χ1v) is 17.0. The zero-order valence-electron chi connectivity index (χ0n) is 26.7. The van der Waals surface area contributed by atoms with E-state index in [9.17, 15) is 0 Å². The number of allylic oxidation sites excluding steroid dienone is 4. The van der Waals surface area contributed by atoms with E-state index in [1.165, 1.54) is 55.6 Å². The molecule has 0 amide bonds. The number of hydrogen-bond acceptors (Lipinski definition) is 1. The van der Waals surface area contributed by atoms with Gasteiger partial charge in [0.15, 0.2) is 0 Å². The van der Waals surface area contributed by atoms with E-state index in [1.807, 2.05) is 0 Å². The highest BCUT2D eigenvalue weighted by atomic mass is 14.9. The summed E-state index contributed by atoms with van der Waals surface area (Å²) in [6, 6.07) is 53.8. The Balaban J connectivity index is 1.10. The first kappa shape index (κ1) is 27.9. The highest BCUT2D eigenvalue weighted by molar-refractivity contribution is 5.89. The van der Waals surface area contributed by atoms with Crippen molar-refractivity contribution in [2.75, 3.05) is 5.32 Å². The van der Waals surface area contributed by atoms with Crippen LogP contribution in [0.15, 0.2) is 163 Å². The molecule has 3 aliphatic rings. The van der Waals surface area contributed by atoms with Crippen molar-refractivity contribution in [1.29, 1.82) is 0 Å². The second-order valence-electron chi connectivity index (χ2n) is 13.1. The van der Waals surface area contributed by atoms with E-state index < -0.39 is 5.41 Å². The highest BCUT2D eigenvalue weighted by Crippen LogP contribution is 2.57. The van der Waals surface area contributed by atoms with Gasteiger partial charge in [0.2, 0.25) is 0 Å². The van der Waals surface area contributed by atoms with Gasteiger partial charge in [-0.15, -0.1) is 0 Å². The zero-order chi connectivity index (χ0) is 31.4. The van der Waals surface area contributed by atoms with Crippen molar-refractivity contribution in [2.45, 2.75) is 37.5 Å². The Morgan fingerprint density at radius 2 is 1.23 bits per heavy atom. The quantitative estimate of drug-likeness (QED) is 0.199. The van der Waals surface area contributed by atoms with Crippen molar-refractivity contribution in [3.8, 4) is 22.3 Å². The maximum absolute atomic E-state index is 3.78.